The first-order valence-corrected chi connectivity index (χ1v) is 8.39. The number of fused-ring (bicyclic) bond motifs is 3. The Morgan fingerprint density at radius 2 is 1.86 bits per heavy atom. The number of aryl methyl sites for hydroxylation is 3. The summed E-state index contributed by atoms with van der Waals surface area (Å²) in [7, 11) is 0. The SMILES string of the molecule is Cc1ccc(C(Cl)C2C3CCc4ccccc4C32)cc1C. The average molecular weight is 297 g/mol. The number of hydrogen-bond donors (Lipinski definition) is 0. The number of hydrogen-bond acceptors (Lipinski definition) is 0. The summed E-state index contributed by atoms with van der Waals surface area (Å²) in [6, 6.07) is 15.7. The maximum Gasteiger partial charge on any atom is 0.0622 e. The minimum atomic E-state index is 0.158. The van der Waals surface area contributed by atoms with E-state index in [1.165, 1.54) is 29.5 Å². The van der Waals surface area contributed by atoms with E-state index in [0.717, 1.165) is 5.92 Å². The first-order chi connectivity index (χ1) is 10.2. The van der Waals surface area contributed by atoms with Crippen LogP contribution in [-0.2, 0) is 6.42 Å². The van der Waals surface area contributed by atoms with Crippen molar-refractivity contribution in [3.05, 3.63) is 70.3 Å². The van der Waals surface area contributed by atoms with Gasteiger partial charge in [0.05, 0.1) is 5.38 Å². The van der Waals surface area contributed by atoms with E-state index < -0.39 is 0 Å². The van der Waals surface area contributed by atoms with Crippen LogP contribution in [0.15, 0.2) is 42.5 Å². The zero-order valence-electron chi connectivity index (χ0n) is 12.6. The van der Waals surface area contributed by atoms with Crippen molar-refractivity contribution >= 4 is 11.6 Å². The van der Waals surface area contributed by atoms with Gasteiger partial charge in [-0.1, -0.05) is 42.5 Å². The maximum atomic E-state index is 6.87. The third-order valence-electron chi connectivity index (χ3n) is 5.58. The first kappa shape index (κ1) is 13.4. The van der Waals surface area contributed by atoms with Crippen molar-refractivity contribution in [3.63, 3.8) is 0 Å². The second kappa shape index (κ2) is 4.88. The Hall–Kier alpha value is -1.27. The van der Waals surface area contributed by atoms with E-state index in [4.69, 9.17) is 11.6 Å². The van der Waals surface area contributed by atoms with Gasteiger partial charge < -0.3 is 0 Å². The molecule has 108 valence electrons. The number of alkyl halides is 1. The normalized spacial score (nSPS) is 27.7. The Kier molecular flexibility index (Phi) is 3.11. The Morgan fingerprint density at radius 3 is 2.67 bits per heavy atom. The molecule has 0 radical (unpaired) electrons. The summed E-state index contributed by atoms with van der Waals surface area (Å²) in [6.07, 6.45) is 2.53. The summed E-state index contributed by atoms with van der Waals surface area (Å²) in [5.41, 5.74) is 7.11. The molecule has 2 aromatic carbocycles. The predicted molar refractivity (Wildman–Crippen MR) is 89.0 cm³/mol. The second-order valence-corrected chi connectivity index (χ2v) is 7.22. The fourth-order valence-corrected chi connectivity index (χ4v) is 4.66. The van der Waals surface area contributed by atoms with Crippen molar-refractivity contribution in [1.82, 2.24) is 0 Å². The van der Waals surface area contributed by atoms with Crippen LogP contribution in [0.4, 0.5) is 0 Å². The fourth-order valence-electron chi connectivity index (χ4n) is 4.18. The molecule has 4 rings (SSSR count). The molecular weight excluding hydrogens is 276 g/mol. The van der Waals surface area contributed by atoms with Crippen LogP contribution in [0, 0.1) is 25.7 Å². The lowest BCUT2D eigenvalue weighted by Crippen LogP contribution is -2.00. The van der Waals surface area contributed by atoms with E-state index in [0.29, 0.717) is 11.8 Å². The molecule has 4 atom stereocenters. The maximum absolute atomic E-state index is 6.87. The van der Waals surface area contributed by atoms with Crippen LogP contribution in [0.2, 0.25) is 0 Å². The first-order valence-electron chi connectivity index (χ1n) is 7.96. The van der Waals surface area contributed by atoms with Crippen molar-refractivity contribution in [2.75, 3.05) is 0 Å². The van der Waals surface area contributed by atoms with Crippen LogP contribution >= 0.6 is 11.6 Å². The van der Waals surface area contributed by atoms with Gasteiger partial charge in [-0.3, -0.25) is 0 Å². The van der Waals surface area contributed by atoms with Crippen molar-refractivity contribution in [2.24, 2.45) is 11.8 Å². The van der Waals surface area contributed by atoms with E-state index in [-0.39, 0.29) is 5.38 Å². The van der Waals surface area contributed by atoms with Gasteiger partial charge in [0.15, 0.2) is 0 Å². The van der Waals surface area contributed by atoms with Crippen molar-refractivity contribution in [1.29, 1.82) is 0 Å². The molecule has 1 saturated carbocycles. The third kappa shape index (κ3) is 2.12. The molecule has 4 unspecified atom stereocenters. The molecule has 0 aliphatic heterocycles. The molecule has 0 spiro atoms. The van der Waals surface area contributed by atoms with Gasteiger partial charge in [0.25, 0.3) is 0 Å². The molecule has 0 heterocycles. The van der Waals surface area contributed by atoms with Gasteiger partial charge in [0, 0.05) is 0 Å². The Bertz CT molecular complexity index is 688. The highest BCUT2D eigenvalue weighted by Gasteiger charge is 2.56. The molecule has 0 aromatic heterocycles. The molecule has 0 N–H and O–H groups in total. The van der Waals surface area contributed by atoms with E-state index in [2.05, 4.69) is 56.3 Å². The number of halogens is 1. The minimum Gasteiger partial charge on any atom is -0.117 e. The summed E-state index contributed by atoms with van der Waals surface area (Å²) < 4.78 is 0. The van der Waals surface area contributed by atoms with Crippen LogP contribution in [0.3, 0.4) is 0 Å². The van der Waals surface area contributed by atoms with Gasteiger partial charge in [-0.05, 0) is 72.3 Å². The molecule has 0 saturated heterocycles. The predicted octanol–water partition coefficient (Wildman–Crippen LogP) is 5.56. The standard InChI is InChI=1S/C20H21Cl/c1-12-7-8-15(11-13(12)2)20(21)19-17-10-9-14-5-3-4-6-16(14)18(17)19/h3-8,11,17-20H,9-10H2,1-2H3. The third-order valence-corrected chi connectivity index (χ3v) is 6.12. The van der Waals surface area contributed by atoms with Crippen molar-refractivity contribution < 1.29 is 0 Å². The lowest BCUT2D eigenvalue weighted by molar-refractivity contribution is 0.622. The lowest BCUT2D eigenvalue weighted by atomic mass is 9.92. The van der Waals surface area contributed by atoms with Crippen LogP contribution < -0.4 is 0 Å². The van der Waals surface area contributed by atoms with E-state index in [9.17, 15) is 0 Å². The van der Waals surface area contributed by atoms with Gasteiger partial charge in [-0.25, -0.2) is 0 Å². The molecule has 21 heavy (non-hydrogen) atoms. The summed E-state index contributed by atoms with van der Waals surface area (Å²) in [4.78, 5) is 0. The van der Waals surface area contributed by atoms with Crippen LogP contribution in [0.5, 0.6) is 0 Å². The summed E-state index contributed by atoms with van der Waals surface area (Å²) >= 11 is 6.87. The van der Waals surface area contributed by atoms with Crippen LogP contribution in [0.25, 0.3) is 0 Å². The van der Waals surface area contributed by atoms with Crippen LogP contribution in [-0.4, -0.2) is 0 Å². The molecule has 2 aliphatic carbocycles. The number of rotatable bonds is 2. The molecule has 0 nitrogen and oxygen atoms in total. The van der Waals surface area contributed by atoms with E-state index in [1.807, 2.05) is 0 Å². The molecule has 2 aromatic rings. The molecular formula is C20H21Cl. The molecule has 2 aliphatic rings. The summed E-state index contributed by atoms with van der Waals surface area (Å²) in [6.45, 7) is 4.34. The molecule has 0 bridgehead atoms. The Labute approximate surface area is 132 Å². The molecule has 1 heteroatoms. The average Bonchev–Trinajstić information content (AvgIpc) is 3.24. The summed E-state index contributed by atoms with van der Waals surface area (Å²) in [5.74, 6) is 2.11. The highest BCUT2D eigenvalue weighted by Crippen LogP contribution is 2.65. The zero-order valence-corrected chi connectivity index (χ0v) is 13.4. The van der Waals surface area contributed by atoms with E-state index >= 15 is 0 Å². The molecule has 1 fully saturated rings. The zero-order chi connectivity index (χ0) is 14.6. The smallest absolute Gasteiger partial charge is 0.0622 e. The second-order valence-electron chi connectivity index (χ2n) is 6.75. The van der Waals surface area contributed by atoms with Crippen molar-refractivity contribution in [2.45, 2.75) is 38.0 Å². The Balaban J connectivity index is 1.63. The van der Waals surface area contributed by atoms with Gasteiger partial charge in [0.2, 0.25) is 0 Å². The topological polar surface area (TPSA) is 0 Å². The van der Waals surface area contributed by atoms with E-state index in [1.54, 1.807) is 11.1 Å². The summed E-state index contributed by atoms with van der Waals surface area (Å²) in [5, 5.41) is 0.158. The van der Waals surface area contributed by atoms with Gasteiger partial charge in [0.1, 0.15) is 0 Å². The molecule has 0 amide bonds. The monoisotopic (exact) mass is 296 g/mol. The van der Waals surface area contributed by atoms with Gasteiger partial charge in [-0.2, -0.15) is 0 Å². The largest absolute Gasteiger partial charge is 0.117 e. The quantitative estimate of drug-likeness (QED) is 0.637. The number of benzene rings is 2. The van der Waals surface area contributed by atoms with Gasteiger partial charge >= 0.3 is 0 Å². The fraction of sp³-hybridized carbons (Fsp3) is 0.400. The highest BCUT2D eigenvalue weighted by atomic mass is 35.5. The highest BCUT2D eigenvalue weighted by molar-refractivity contribution is 6.21. The van der Waals surface area contributed by atoms with Crippen molar-refractivity contribution in [3.8, 4) is 0 Å². The minimum absolute atomic E-state index is 0.158. The lowest BCUT2D eigenvalue weighted by Gasteiger charge is -2.13. The van der Waals surface area contributed by atoms with Crippen LogP contribution in [0.1, 0.15) is 45.5 Å². The van der Waals surface area contributed by atoms with Gasteiger partial charge in [-0.15, -0.1) is 11.6 Å². The Morgan fingerprint density at radius 1 is 1.05 bits per heavy atom.